The first-order chi connectivity index (χ1) is 16.9. The summed E-state index contributed by atoms with van der Waals surface area (Å²) in [7, 11) is 0. The van der Waals surface area contributed by atoms with Crippen LogP contribution in [0.3, 0.4) is 0 Å². The lowest BCUT2D eigenvalue weighted by molar-refractivity contribution is -0.122. The summed E-state index contributed by atoms with van der Waals surface area (Å²) in [6.07, 6.45) is 1.87. The monoisotopic (exact) mass is 503 g/mol. The highest BCUT2D eigenvalue weighted by molar-refractivity contribution is 8.26. The third-order valence-electron chi connectivity index (χ3n) is 5.67. The molecule has 180 valence electrons. The second kappa shape index (κ2) is 11.6. The van der Waals surface area contributed by atoms with Crippen molar-refractivity contribution in [3.63, 3.8) is 0 Å². The predicted molar refractivity (Wildman–Crippen MR) is 148 cm³/mol. The van der Waals surface area contributed by atoms with Gasteiger partial charge in [-0.05, 0) is 54.3 Å². The van der Waals surface area contributed by atoms with E-state index in [2.05, 4.69) is 26.0 Å². The molecule has 0 bridgehead atoms. The van der Waals surface area contributed by atoms with E-state index >= 15 is 0 Å². The number of benzene rings is 3. The lowest BCUT2D eigenvalue weighted by atomic mass is 10.0. The molecule has 0 unspecified atom stereocenters. The Morgan fingerprint density at radius 2 is 1.69 bits per heavy atom. The lowest BCUT2D eigenvalue weighted by Crippen LogP contribution is -2.27. The molecule has 0 N–H and O–H groups in total. The zero-order valence-electron chi connectivity index (χ0n) is 20.2. The highest BCUT2D eigenvalue weighted by Crippen LogP contribution is 2.35. The lowest BCUT2D eigenvalue weighted by Gasteiger charge is -2.14. The first-order valence-corrected chi connectivity index (χ1v) is 12.9. The Hall–Kier alpha value is -3.09. The number of thioether (sulfide) groups is 1. The van der Waals surface area contributed by atoms with Gasteiger partial charge in [0, 0.05) is 5.56 Å². The maximum Gasteiger partial charge on any atom is 0.266 e. The van der Waals surface area contributed by atoms with E-state index in [1.807, 2.05) is 73.7 Å². The van der Waals surface area contributed by atoms with E-state index < -0.39 is 0 Å². The van der Waals surface area contributed by atoms with Crippen molar-refractivity contribution in [3.05, 3.63) is 100.0 Å². The highest BCUT2D eigenvalue weighted by atomic mass is 32.2. The fourth-order valence-corrected chi connectivity index (χ4v) is 4.96. The van der Waals surface area contributed by atoms with Crippen LogP contribution in [0.4, 0.5) is 0 Å². The Bertz CT molecular complexity index is 1220. The SMILES string of the molecule is Cc1ccc(OCCOc2ccc(C(C)C)cc2)c(/C=C2\SC(=S)N(Cc3ccccc3)C2=O)c1. The van der Waals surface area contributed by atoms with Gasteiger partial charge in [-0.3, -0.25) is 9.69 Å². The Kier molecular flexibility index (Phi) is 8.26. The van der Waals surface area contributed by atoms with E-state index in [1.165, 1.54) is 17.3 Å². The number of carbonyl (C=O) groups is 1. The molecular formula is C29H29NO3S2. The third kappa shape index (κ3) is 6.53. The fourth-order valence-electron chi connectivity index (χ4n) is 3.72. The number of hydrogen-bond donors (Lipinski definition) is 0. The second-order valence-electron chi connectivity index (χ2n) is 8.72. The van der Waals surface area contributed by atoms with Gasteiger partial charge >= 0.3 is 0 Å². The summed E-state index contributed by atoms with van der Waals surface area (Å²) < 4.78 is 12.4. The van der Waals surface area contributed by atoms with Crippen molar-refractivity contribution in [2.24, 2.45) is 0 Å². The quantitative estimate of drug-likeness (QED) is 0.179. The van der Waals surface area contributed by atoms with Gasteiger partial charge in [-0.15, -0.1) is 0 Å². The Morgan fingerprint density at radius 1 is 0.971 bits per heavy atom. The smallest absolute Gasteiger partial charge is 0.266 e. The van der Waals surface area contributed by atoms with Crippen molar-refractivity contribution in [1.29, 1.82) is 0 Å². The molecule has 3 aromatic carbocycles. The standard InChI is InChI=1S/C29H29NO3S2/c1-20(2)23-10-12-25(13-11-23)32-15-16-33-26-14-9-21(3)17-24(26)18-27-28(31)30(29(34)35-27)19-22-7-5-4-6-8-22/h4-14,17-18,20H,15-16,19H2,1-3H3/b27-18-. The number of hydrogen-bond acceptors (Lipinski definition) is 5. The van der Waals surface area contributed by atoms with Crippen molar-refractivity contribution in [3.8, 4) is 11.5 Å². The second-order valence-corrected chi connectivity index (χ2v) is 10.4. The molecule has 1 fully saturated rings. The summed E-state index contributed by atoms with van der Waals surface area (Å²) in [4.78, 5) is 15.3. The molecule has 1 aliphatic rings. The van der Waals surface area contributed by atoms with Crippen LogP contribution in [0.1, 0.15) is 42.0 Å². The van der Waals surface area contributed by atoms with Crippen LogP contribution in [-0.2, 0) is 11.3 Å². The molecule has 35 heavy (non-hydrogen) atoms. The topological polar surface area (TPSA) is 38.8 Å². The molecular weight excluding hydrogens is 474 g/mol. The molecule has 0 aliphatic carbocycles. The van der Waals surface area contributed by atoms with Crippen molar-refractivity contribution in [1.82, 2.24) is 4.90 Å². The Morgan fingerprint density at radius 3 is 2.40 bits per heavy atom. The van der Waals surface area contributed by atoms with Crippen LogP contribution in [0, 0.1) is 6.92 Å². The fraction of sp³-hybridized carbons (Fsp3) is 0.241. The Balaban J connectivity index is 1.40. The molecule has 4 nitrogen and oxygen atoms in total. The largest absolute Gasteiger partial charge is 0.490 e. The molecule has 1 aliphatic heterocycles. The van der Waals surface area contributed by atoms with Crippen molar-refractivity contribution < 1.29 is 14.3 Å². The van der Waals surface area contributed by atoms with E-state index in [0.29, 0.717) is 40.7 Å². The molecule has 1 heterocycles. The van der Waals surface area contributed by atoms with Gasteiger partial charge in [0.1, 0.15) is 29.0 Å². The molecule has 0 atom stereocenters. The van der Waals surface area contributed by atoms with Gasteiger partial charge in [-0.25, -0.2) is 0 Å². The number of aryl methyl sites for hydroxylation is 1. The van der Waals surface area contributed by atoms with Gasteiger partial charge in [-0.1, -0.05) is 91.9 Å². The first-order valence-electron chi connectivity index (χ1n) is 11.7. The summed E-state index contributed by atoms with van der Waals surface area (Å²) in [5, 5.41) is 0. The van der Waals surface area contributed by atoms with Gasteiger partial charge in [-0.2, -0.15) is 0 Å². The molecule has 0 spiro atoms. The van der Waals surface area contributed by atoms with E-state index in [-0.39, 0.29) is 5.91 Å². The van der Waals surface area contributed by atoms with Crippen LogP contribution in [0.15, 0.2) is 77.7 Å². The number of ether oxygens (including phenoxy) is 2. The minimum Gasteiger partial charge on any atom is -0.490 e. The summed E-state index contributed by atoms with van der Waals surface area (Å²) in [5.74, 6) is 1.95. The zero-order chi connectivity index (χ0) is 24.8. The molecule has 4 rings (SSSR count). The zero-order valence-corrected chi connectivity index (χ0v) is 21.8. The van der Waals surface area contributed by atoms with Crippen LogP contribution in [0.2, 0.25) is 0 Å². The van der Waals surface area contributed by atoms with E-state index in [4.69, 9.17) is 21.7 Å². The maximum absolute atomic E-state index is 13.1. The molecule has 0 aromatic heterocycles. The summed E-state index contributed by atoms with van der Waals surface area (Å²) in [5.41, 5.74) is 4.27. The van der Waals surface area contributed by atoms with E-state index in [0.717, 1.165) is 22.4 Å². The van der Waals surface area contributed by atoms with Crippen LogP contribution in [0.5, 0.6) is 11.5 Å². The van der Waals surface area contributed by atoms with Crippen molar-refractivity contribution in [2.75, 3.05) is 13.2 Å². The predicted octanol–water partition coefficient (Wildman–Crippen LogP) is 6.98. The average Bonchev–Trinajstić information content (AvgIpc) is 3.11. The normalized spacial score (nSPS) is 14.7. The molecule has 6 heteroatoms. The van der Waals surface area contributed by atoms with Gasteiger partial charge < -0.3 is 9.47 Å². The summed E-state index contributed by atoms with van der Waals surface area (Å²) in [6, 6.07) is 24.0. The minimum absolute atomic E-state index is 0.0792. The first kappa shape index (κ1) is 25.0. The molecule has 0 saturated carbocycles. The van der Waals surface area contributed by atoms with E-state index in [9.17, 15) is 4.79 Å². The molecule has 1 amide bonds. The Labute approximate surface area is 216 Å². The summed E-state index contributed by atoms with van der Waals surface area (Å²) in [6.45, 7) is 7.65. The average molecular weight is 504 g/mol. The number of rotatable bonds is 9. The minimum atomic E-state index is -0.0792. The van der Waals surface area contributed by atoms with Crippen LogP contribution < -0.4 is 9.47 Å². The number of thiocarbonyl (C=S) groups is 1. The number of nitrogens with zero attached hydrogens (tertiary/aromatic N) is 1. The van der Waals surface area contributed by atoms with Gasteiger partial charge in [0.15, 0.2) is 0 Å². The van der Waals surface area contributed by atoms with Crippen LogP contribution >= 0.6 is 24.0 Å². The molecule has 3 aromatic rings. The number of amides is 1. The van der Waals surface area contributed by atoms with Gasteiger partial charge in [0.05, 0.1) is 11.4 Å². The van der Waals surface area contributed by atoms with Crippen molar-refractivity contribution >= 4 is 40.3 Å². The van der Waals surface area contributed by atoms with Gasteiger partial charge in [0.2, 0.25) is 0 Å². The van der Waals surface area contributed by atoms with Crippen molar-refractivity contribution in [2.45, 2.75) is 33.2 Å². The maximum atomic E-state index is 13.1. The van der Waals surface area contributed by atoms with E-state index in [1.54, 1.807) is 4.90 Å². The third-order valence-corrected chi connectivity index (χ3v) is 7.04. The highest BCUT2D eigenvalue weighted by Gasteiger charge is 2.32. The van der Waals surface area contributed by atoms with Crippen LogP contribution in [0.25, 0.3) is 6.08 Å². The molecule has 0 radical (unpaired) electrons. The van der Waals surface area contributed by atoms with Crippen LogP contribution in [-0.4, -0.2) is 28.3 Å². The number of carbonyl (C=O) groups excluding carboxylic acids is 1. The molecule has 1 saturated heterocycles. The van der Waals surface area contributed by atoms with Gasteiger partial charge in [0.25, 0.3) is 5.91 Å². The summed E-state index contributed by atoms with van der Waals surface area (Å²) >= 11 is 6.83.